The van der Waals surface area contributed by atoms with E-state index < -0.39 is 148 Å². The predicted octanol–water partition coefficient (Wildman–Crippen LogP) is 12.4. The number of phosphoric ester groups is 1. The van der Waals surface area contributed by atoms with Crippen LogP contribution in [0, 0.1) is 17.6 Å². The van der Waals surface area contributed by atoms with E-state index in [-0.39, 0.29) is 71.4 Å². The summed E-state index contributed by atoms with van der Waals surface area (Å²) >= 11 is 6.96. The number of pyridine rings is 2. The Morgan fingerprint density at radius 3 is 2.21 bits per heavy atom. The number of nitrogens with one attached hydrogen (secondary N) is 1. The van der Waals surface area contributed by atoms with E-state index in [2.05, 4.69) is 25.5 Å². The molecule has 0 spiro atoms. The van der Waals surface area contributed by atoms with Crippen molar-refractivity contribution >= 4 is 74.8 Å². The molecule has 32 heteroatoms. The molecule has 0 unspecified atom stereocenters. The van der Waals surface area contributed by atoms with Crippen LogP contribution in [0.25, 0.3) is 38.8 Å². The number of aromatic nitrogens is 8. The van der Waals surface area contributed by atoms with Gasteiger partial charge in [0.1, 0.15) is 46.9 Å². The Morgan fingerprint density at radius 2 is 1.58 bits per heavy atom. The number of rotatable bonds is 17. The van der Waals surface area contributed by atoms with E-state index in [1.54, 1.807) is 41.5 Å². The largest absolute Gasteiger partial charge is 0.476 e. The number of amides is 3. The molecule has 0 saturated heterocycles. The van der Waals surface area contributed by atoms with E-state index in [4.69, 9.17) is 30.2 Å². The zero-order chi connectivity index (χ0) is 65.0. The van der Waals surface area contributed by atoms with Crippen LogP contribution in [0.15, 0.2) is 89.9 Å². The number of urea groups is 1. The van der Waals surface area contributed by atoms with Crippen molar-refractivity contribution in [3.63, 3.8) is 0 Å². The number of carbonyl (C=O) groups excluding carboxylic acids is 2. The Kier molecular flexibility index (Phi) is 16.5. The fourth-order valence-electron chi connectivity index (χ4n) is 10.7. The van der Waals surface area contributed by atoms with E-state index >= 15 is 22.4 Å². The number of sulfonamides is 1. The molecule has 1 saturated carbocycles. The molecule has 0 aliphatic heterocycles. The Hall–Kier alpha value is -7.76. The highest BCUT2D eigenvalue weighted by molar-refractivity contribution is 7.92. The summed E-state index contributed by atoms with van der Waals surface area (Å²) in [6.07, 6.45) is -7.09. The molecule has 10 rings (SSSR count). The molecule has 1 N–H and O–H groups in total. The molecule has 3 atom stereocenters. The minimum atomic E-state index is -4.89. The molecule has 20 nitrogen and oxygen atoms in total. The van der Waals surface area contributed by atoms with Gasteiger partial charge in [-0.3, -0.25) is 42.0 Å². The number of fused-ring (bicyclic) bond motifs is 5. The summed E-state index contributed by atoms with van der Waals surface area (Å²) in [7, 11) is -6.78. The summed E-state index contributed by atoms with van der Waals surface area (Å²) in [5.74, 6) is -10.9. The second kappa shape index (κ2) is 22.9. The molecule has 472 valence electrons. The second-order valence-electron chi connectivity index (χ2n) is 23.2. The van der Waals surface area contributed by atoms with Crippen LogP contribution in [0.5, 0.6) is 0 Å². The Bertz CT molecular complexity index is 4380. The molecule has 2 aliphatic rings. The van der Waals surface area contributed by atoms with E-state index in [1.807, 2.05) is 0 Å². The highest BCUT2D eigenvalue weighted by Gasteiger charge is 2.67. The number of halogens is 10. The number of aryl methyl sites for hydroxylation is 1. The van der Waals surface area contributed by atoms with Crippen molar-refractivity contribution in [1.82, 2.24) is 44.4 Å². The lowest BCUT2D eigenvalue weighted by atomic mass is 10.0. The monoisotopic (exact) mass is 1310 g/mol. The second-order valence-corrected chi connectivity index (χ2v) is 27.0. The number of hydrogen-bond acceptors (Lipinski definition) is 14. The molecule has 5 aromatic heterocycles. The zero-order valence-corrected chi connectivity index (χ0v) is 51.0. The van der Waals surface area contributed by atoms with Gasteiger partial charge in [0.25, 0.3) is 17.9 Å². The summed E-state index contributed by atoms with van der Waals surface area (Å²) in [4.78, 5) is 58.7. The smallest absolute Gasteiger partial charge is 0.344 e. The van der Waals surface area contributed by atoms with Crippen molar-refractivity contribution in [3.05, 3.63) is 152 Å². The Labute approximate surface area is 506 Å². The first-order valence-corrected chi connectivity index (χ1v) is 30.7. The van der Waals surface area contributed by atoms with Crippen LogP contribution in [0.2, 0.25) is 5.02 Å². The lowest BCUT2D eigenvalue weighted by Gasteiger charge is -2.31. The maximum absolute atomic E-state index is 15.8. The summed E-state index contributed by atoms with van der Waals surface area (Å²) in [6.45, 7) is 7.96. The van der Waals surface area contributed by atoms with Crippen LogP contribution in [-0.4, -0.2) is 83.9 Å². The summed E-state index contributed by atoms with van der Waals surface area (Å²) in [5, 5.41) is 9.85. The molecule has 1 fully saturated rings. The number of alkyl halides is 7. The van der Waals surface area contributed by atoms with E-state index in [0.29, 0.717) is 17.0 Å². The van der Waals surface area contributed by atoms with Crippen LogP contribution < -0.4 is 20.1 Å². The van der Waals surface area contributed by atoms with E-state index in [9.17, 15) is 44.5 Å². The molecule has 89 heavy (non-hydrogen) atoms. The third-order valence-electron chi connectivity index (χ3n) is 14.2. The summed E-state index contributed by atoms with van der Waals surface area (Å²) in [6, 6.07) is 11.0. The molecule has 3 amide bonds. The highest BCUT2D eigenvalue weighted by atomic mass is 35.5. The molecular weight excluding hydrogens is 1250 g/mol. The van der Waals surface area contributed by atoms with E-state index in [1.165, 1.54) is 61.8 Å². The zero-order valence-electron chi connectivity index (χ0n) is 48.5. The first kappa shape index (κ1) is 64.2. The van der Waals surface area contributed by atoms with Gasteiger partial charge in [0.15, 0.2) is 5.82 Å². The third kappa shape index (κ3) is 12.9. The van der Waals surface area contributed by atoms with Crippen molar-refractivity contribution in [2.45, 2.75) is 109 Å². The maximum Gasteiger partial charge on any atom is 0.476 e. The van der Waals surface area contributed by atoms with Crippen LogP contribution in [0.3, 0.4) is 0 Å². The number of anilines is 2. The first-order valence-electron chi connectivity index (χ1n) is 27.0. The van der Waals surface area contributed by atoms with Gasteiger partial charge >= 0.3 is 20.0 Å². The van der Waals surface area contributed by atoms with Crippen LogP contribution in [-0.2, 0) is 71.7 Å². The van der Waals surface area contributed by atoms with Crippen molar-refractivity contribution in [2.24, 2.45) is 13.0 Å². The van der Waals surface area contributed by atoms with Gasteiger partial charge < -0.3 is 5.32 Å². The first-order chi connectivity index (χ1) is 41.3. The van der Waals surface area contributed by atoms with Gasteiger partial charge in [-0.2, -0.15) is 36.5 Å². The number of carbonyl (C=O) groups is 2. The molecule has 3 aromatic carbocycles. The summed E-state index contributed by atoms with van der Waals surface area (Å²) in [5.41, 5.74) is -7.91. The molecule has 2 aliphatic carbocycles. The fourth-order valence-corrected chi connectivity index (χ4v) is 13.6. The SMILES string of the molecule is CN(C(=O)N(c1nn(C)c2c(-n3c([C@H](Cc4cc(F)cc(F)c4)NC(=O)Cn4nc(C(F)F)c5c4C(F)(F)[C@@H]4C[C@H]54)nc4cc(-c5cccc(C(F)(F)F)n5)ccc4c3=O)ccc(Cl)c12)S(C)(=O)=O)c1ncccc1COP(=O)(OC(C)(C)C)OC(C)(C)C. The lowest BCUT2D eigenvalue weighted by Crippen LogP contribution is -2.45. The third-order valence-corrected chi connectivity index (χ3v) is 17.5. The standard InChI is InChI=1S/C57H54ClF9N11O9PS/c1-54(2,3)86-88(82,87-55(4,5)6)85-27-30-12-11-19-68-49(30)74(7)53(81)78(89(9,83)84)51-44-36(58)17-18-40(46(44)75(8)73-51)77-50(71-38-23-29(15-16-33(38)52(77)80)37-13-10-14-41(69-37)57(65,66)67)39(22-28-20-31(59)24-32(60)21-28)70-42(79)26-76-47-43(45(72-76)48(61)62)34-25-35(34)56(47,63)64/h10-21,23-24,34-35,39,48H,22,25-27H2,1-9H3,(H,70,79)/t34-,35+,39-/m0/s1. The Morgan fingerprint density at radius 1 is 0.910 bits per heavy atom. The van der Waals surface area contributed by atoms with Crippen LogP contribution in [0.4, 0.5) is 55.9 Å². The molecular formula is C57H54ClF9N11O9PS. The predicted molar refractivity (Wildman–Crippen MR) is 307 cm³/mol. The van der Waals surface area contributed by atoms with Gasteiger partial charge in [-0.25, -0.2) is 50.3 Å². The summed E-state index contributed by atoms with van der Waals surface area (Å²) < 4.78 is 195. The van der Waals surface area contributed by atoms with Gasteiger partial charge in [0, 0.05) is 55.4 Å². The topological polar surface area (TPSA) is 228 Å². The van der Waals surface area contributed by atoms with Crippen LogP contribution >= 0.6 is 19.4 Å². The van der Waals surface area contributed by atoms with Crippen LogP contribution in [0.1, 0.15) is 106 Å². The molecule has 5 heterocycles. The Balaban J connectivity index is 1.14. The van der Waals surface area contributed by atoms with Gasteiger partial charge in [-0.15, -0.1) is 0 Å². The number of nitrogens with zero attached hydrogens (tertiary/aromatic N) is 10. The van der Waals surface area contributed by atoms with Gasteiger partial charge in [0.05, 0.1) is 68.3 Å². The minimum Gasteiger partial charge on any atom is -0.344 e. The number of benzene rings is 3. The van der Waals surface area contributed by atoms with Crippen molar-refractivity contribution in [2.75, 3.05) is 22.5 Å². The van der Waals surface area contributed by atoms with Crippen molar-refractivity contribution in [3.8, 4) is 16.9 Å². The maximum atomic E-state index is 15.8. The van der Waals surface area contributed by atoms with E-state index in [0.717, 1.165) is 45.5 Å². The molecule has 0 radical (unpaired) electrons. The van der Waals surface area contributed by atoms with Gasteiger partial charge in [-0.05, 0) is 114 Å². The van der Waals surface area contributed by atoms with Crippen molar-refractivity contribution < 1.29 is 75.7 Å². The normalized spacial score (nSPS) is 16.2. The molecule has 8 aromatic rings. The van der Waals surface area contributed by atoms with Gasteiger partial charge in [-0.1, -0.05) is 29.8 Å². The lowest BCUT2D eigenvalue weighted by molar-refractivity contribution is -0.141. The average molecular weight is 1310 g/mol. The quantitative estimate of drug-likeness (QED) is 0.0661. The fraction of sp³-hybridized carbons (Fsp3) is 0.368. The average Bonchev–Trinajstić information content (AvgIpc) is 1.53. The molecule has 0 bridgehead atoms. The van der Waals surface area contributed by atoms with Gasteiger partial charge in [0.2, 0.25) is 15.9 Å². The number of phosphoric acid groups is 1. The number of hydrogen-bond donors (Lipinski definition) is 1. The van der Waals surface area contributed by atoms with Crippen molar-refractivity contribution in [1.29, 1.82) is 0 Å². The minimum absolute atomic E-state index is 0.0246. The highest BCUT2D eigenvalue weighted by Crippen LogP contribution is 2.68.